The predicted octanol–water partition coefficient (Wildman–Crippen LogP) is 4.36. The van der Waals surface area contributed by atoms with Crippen molar-refractivity contribution in [2.24, 2.45) is 0 Å². The molecule has 1 aromatic heterocycles. The molecule has 0 aliphatic rings. The average Bonchev–Trinajstić information content (AvgIpc) is 3.09. The van der Waals surface area contributed by atoms with E-state index in [1.807, 2.05) is 53.9 Å². The van der Waals surface area contributed by atoms with Crippen molar-refractivity contribution in [2.45, 2.75) is 26.4 Å². The summed E-state index contributed by atoms with van der Waals surface area (Å²) < 4.78 is 5.79. The number of benzene rings is 2. The number of ether oxygens (including phenoxy) is 1. The Morgan fingerprint density at radius 1 is 1.27 bits per heavy atom. The van der Waals surface area contributed by atoms with Crippen molar-refractivity contribution < 1.29 is 9.53 Å². The van der Waals surface area contributed by atoms with Crippen molar-refractivity contribution in [3.8, 4) is 17.0 Å². The van der Waals surface area contributed by atoms with Crippen molar-refractivity contribution in [2.75, 3.05) is 11.1 Å². The van der Waals surface area contributed by atoms with Crippen LogP contribution in [0.3, 0.4) is 0 Å². The minimum atomic E-state index is -0.628. The Hall–Kier alpha value is -2.86. The highest BCUT2D eigenvalue weighted by Crippen LogP contribution is 2.26. The second kappa shape index (κ2) is 8.01. The zero-order chi connectivity index (χ0) is 18.5. The van der Waals surface area contributed by atoms with E-state index in [1.165, 1.54) is 16.9 Å². The van der Waals surface area contributed by atoms with Gasteiger partial charge in [0, 0.05) is 16.6 Å². The van der Waals surface area contributed by atoms with Crippen LogP contribution in [0.5, 0.6) is 5.75 Å². The largest absolute Gasteiger partial charge is 0.481 e. The number of aryl methyl sites for hydroxylation is 1. The molecule has 0 radical (unpaired) electrons. The number of carbonyl (C=O) groups is 1. The van der Waals surface area contributed by atoms with Gasteiger partial charge in [0.2, 0.25) is 0 Å². The molecule has 1 atom stereocenters. The van der Waals surface area contributed by atoms with Crippen LogP contribution < -0.4 is 15.8 Å². The fourth-order valence-corrected chi connectivity index (χ4v) is 3.05. The zero-order valence-corrected chi connectivity index (χ0v) is 15.5. The number of hydrogen-bond acceptors (Lipinski definition) is 5. The summed E-state index contributed by atoms with van der Waals surface area (Å²) in [6.45, 7) is 3.82. The van der Waals surface area contributed by atoms with Crippen molar-refractivity contribution in [1.29, 1.82) is 0 Å². The molecule has 0 saturated heterocycles. The molecule has 0 fully saturated rings. The highest BCUT2D eigenvalue weighted by molar-refractivity contribution is 7.13. The number of hydrogen-bond donors (Lipinski definition) is 2. The van der Waals surface area contributed by atoms with Crippen LogP contribution in [0.25, 0.3) is 11.3 Å². The Balaban J connectivity index is 1.65. The molecule has 3 rings (SSSR count). The standard InChI is InChI=1S/C20H21N3O2S/c1-3-14-7-9-16(10-8-14)22-19(24)13(2)25-17-6-4-5-15(11-17)18-12-26-20(21)23-18/h4-13H,3H2,1-2H3,(H2,21,23)(H,22,24). The van der Waals surface area contributed by atoms with Crippen LogP contribution in [-0.2, 0) is 11.2 Å². The van der Waals surface area contributed by atoms with E-state index in [9.17, 15) is 4.79 Å². The molecule has 0 aliphatic heterocycles. The molecular weight excluding hydrogens is 346 g/mol. The normalized spacial score (nSPS) is 11.8. The third-order valence-corrected chi connectivity index (χ3v) is 4.64. The third-order valence-electron chi connectivity index (χ3n) is 3.96. The minimum absolute atomic E-state index is 0.197. The summed E-state index contributed by atoms with van der Waals surface area (Å²) in [5, 5.41) is 5.29. The SMILES string of the molecule is CCc1ccc(NC(=O)C(C)Oc2cccc(-c3csc(N)n3)c2)cc1. The maximum Gasteiger partial charge on any atom is 0.265 e. The number of nitrogens with one attached hydrogen (secondary N) is 1. The van der Waals surface area contributed by atoms with Crippen LogP contribution in [0, 0.1) is 0 Å². The van der Waals surface area contributed by atoms with Gasteiger partial charge in [-0.1, -0.05) is 31.2 Å². The van der Waals surface area contributed by atoms with Gasteiger partial charge in [0.1, 0.15) is 5.75 Å². The van der Waals surface area contributed by atoms with Gasteiger partial charge < -0.3 is 15.8 Å². The van der Waals surface area contributed by atoms with E-state index in [4.69, 9.17) is 10.5 Å². The summed E-state index contributed by atoms with van der Waals surface area (Å²) in [5.74, 6) is 0.413. The van der Waals surface area contributed by atoms with Gasteiger partial charge in [0.15, 0.2) is 11.2 Å². The van der Waals surface area contributed by atoms with Crippen LogP contribution in [-0.4, -0.2) is 17.0 Å². The van der Waals surface area contributed by atoms with Gasteiger partial charge in [-0.15, -0.1) is 11.3 Å². The van der Waals surface area contributed by atoms with Gasteiger partial charge in [-0.05, 0) is 43.2 Å². The first kappa shape index (κ1) is 17.9. The number of carbonyl (C=O) groups excluding carboxylic acids is 1. The Kier molecular flexibility index (Phi) is 5.53. The Morgan fingerprint density at radius 2 is 2.04 bits per heavy atom. The van der Waals surface area contributed by atoms with Gasteiger partial charge in [0.25, 0.3) is 5.91 Å². The molecule has 2 aromatic carbocycles. The summed E-state index contributed by atoms with van der Waals surface area (Å²) in [5.41, 5.74) is 9.37. The number of thiazole rings is 1. The average molecular weight is 367 g/mol. The van der Waals surface area contributed by atoms with Gasteiger partial charge in [-0.3, -0.25) is 4.79 Å². The molecule has 3 aromatic rings. The Labute approximate surface area is 156 Å². The summed E-state index contributed by atoms with van der Waals surface area (Å²) in [6, 6.07) is 15.3. The lowest BCUT2D eigenvalue weighted by Crippen LogP contribution is -2.30. The smallest absolute Gasteiger partial charge is 0.265 e. The van der Waals surface area contributed by atoms with E-state index in [0.29, 0.717) is 10.9 Å². The third kappa shape index (κ3) is 4.40. The van der Waals surface area contributed by atoms with E-state index in [0.717, 1.165) is 23.4 Å². The van der Waals surface area contributed by atoms with Gasteiger partial charge in [0.05, 0.1) is 5.69 Å². The summed E-state index contributed by atoms with van der Waals surface area (Å²) >= 11 is 1.39. The number of nitrogens with zero attached hydrogens (tertiary/aromatic N) is 1. The van der Waals surface area contributed by atoms with Crippen LogP contribution >= 0.6 is 11.3 Å². The van der Waals surface area contributed by atoms with E-state index in [1.54, 1.807) is 6.92 Å². The summed E-state index contributed by atoms with van der Waals surface area (Å²) in [6.07, 6.45) is 0.339. The first-order chi connectivity index (χ1) is 12.5. The molecule has 0 bridgehead atoms. The lowest BCUT2D eigenvalue weighted by molar-refractivity contribution is -0.122. The van der Waals surface area contributed by atoms with Crippen LogP contribution in [0.15, 0.2) is 53.9 Å². The van der Waals surface area contributed by atoms with Crippen molar-refractivity contribution in [1.82, 2.24) is 4.98 Å². The summed E-state index contributed by atoms with van der Waals surface area (Å²) in [7, 11) is 0. The molecule has 1 heterocycles. The molecule has 0 saturated carbocycles. The van der Waals surface area contributed by atoms with Crippen molar-refractivity contribution >= 4 is 28.1 Å². The van der Waals surface area contributed by atoms with Gasteiger partial charge >= 0.3 is 0 Å². The highest BCUT2D eigenvalue weighted by atomic mass is 32.1. The minimum Gasteiger partial charge on any atom is -0.481 e. The summed E-state index contributed by atoms with van der Waals surface area (Å²) in [4.78, 5) is 16.6. The molecule has 0 aliphatic carbocycles. The fraction of sp³-hybridized carbons (Fsp3) is 0.200. The Bertz CT molecular complexity index is 890. The number of rotatable bonds is 6. The molecular formula is C20H21N3O2S. The van der Waals surface area contributed by atoms with E-state index in [-0.39, 0.29) is 5.91 Å². The number of nitrogen functional groups attached to an aromatic ring is 1. The van der Waals surface area contributed by atoms with E-state index < -0.39 is 6.10 Å². The molecule has 5 nitrogen and oxygen atoms in total. The number of nitrogens with two attached hydrogens (primary N) is 1. The molecule has 1 amide bonds. The molecule has 0 spiro atoms. The first-order valence-electron chi connectivity index (χ1n) is 8.43. The fourth-order valence-electron chi connectivity index (χ4n) is 2.47. The van der Waals surface area contributed by atoms with Crippen molar-refractivity contribution in [3.63, 3.8) is 0 Å². The molecule has 1 unspecified atom stereocenters. The monoisotopic (exact) mass is 367 g/mol. The maximum absolute atomic E-state index is 12.4. The zero-order valence-electron chi connectivity index (χ0n) is 14.7. The van der Waals surface area contributed by atoms with Gasteiger partial charge in [-0.25, -0.2) is 4.98 Å². The second-order valence-electron chi connectivity index (χ2n) is 5.90. The maximum atomic E-state index is 12.4. The van der Waals surface area contributed by atoms with E-state index >= 15 is 0 Å². The van der Waals surface area contributed by atoms with Crippen LogP contribution in [0.2, 0.25) is 0 Å². The van der Waals surface area contributed by atoms with Crippen LogP contribution in [0.1, 0.15) is 19.4 Å². The molecule has 134 valence electrons. The lowest BCUT2D eigenvalue weighted by Gasteiger charge is -2.15. The number of amides is 1. The topological polar surface area (TPSA) is 77.2 Å². The number of anilines is 2. The quantitative estimate of drug-likeness (QED) is 0.678. The molecule has 3 N–H and O–H groups in total. The first-order valence-corrected chi connectivity index (χ1v) is 9.31. The lowest BCUT2D eigenvalue weighted by atomic mass is 10.1. The number of aromatic nitrogens is 1. The van der Waals surface area contributed by atoms with Crippen molar-refractivity contribution in [3.05, 3.63) is 59.5 Å². The molecule has 26 heavy (non-hydrogen) atoms. The second-order valence-corrected chi connectivity index (χ2v) is 6.79. The highest BCUT2D eigenvalue weighted by Gasteiger charge is 2.15. The van der Waals surface area contributed by atoms with Gasteiger partial charge in [-0.2, -0.15) is 0 Å². The predicted molar refractivity (Wildman–Crippen MR) is 107 cm³/mol. The van der Waals surface area contributed by atoms with Crippen LogP contribution in [0.4, 0.5) is 10.8 Å². The Morgan fingerprint density at radius 3 is 2.69 bits per heavy atom. The molecule has 6 heteroatoms. The van der Waals surface area contributed by atoms with E-state index in [2.05, 4.69) is 17.2 Å².